The summed E-state index contributed by atoms with van der Waals surface area (Å²) in [7, 11) is 0. The standard InChI is InChI=1S/C18H16.C8H17Cl3Si/c1-3-7-15-13(5-1)9-11-18-16-8-4-2-6-14(16)10-12-17(15)18;1-2-3-4-5-6-7-8-12(9,10)11/h1,3,5,7,9-12H,2,4,6,8H2;2-8H2,1H3. The van der Waals surface area contributed by atoms with E-state index in [0.29, 0.717) is 0 Å². The molecule has 4 heteroatoms. The molecule has 0 radical (unpaired) electrons. The molecule has 4 rings (SSSR count). The Balaban J connectivity index is 0.000000189. The van der Waals surface area contributed by atoms with E-state index in [1.807, 2.05) is 0 Å². The number of hydrogen-bond donors (Lipinski definition) is 0. The number of halogens is 3. The Morgan fingerprint density at radius 2 is 1.40 bits per heavy atom. The van der Waals surface area contributed by atoms with Gasteiger partial charge in [-0.1, -0.05) is 94.0 Å². The molecule has 1 aliphatic carbocycles. The van der Waals surface area contributed by atoms with Gasteiger partial charge >= 0.3 is 6.00 Å². The molecule has 0 aliphatic heterocycles. The van der Waals surface area contributed by atoms with Crippen LogP contribution in [0.4, 0.5) is 0 Å². The van der Waals surface area contributed by atoms with Crippen molar-refractivity contribution < 1.29 is 0 Å². The molecular formula is C26H33Cl3Si. The number of rotatable bonds is 7. The van der Waals surface area contributed by atoms with Crippen LogP contribution in [0.25, 0.3) is 21.5 Å². The highest BCUT2D eigenvalue weighted by Gasteiger charge is 2.23. The van der Waals surface area contributed by atoms with Crippen molar-refractivity contribution in [2.75, 3.05) is 0 Å². The number of aryl methyl sites for hydroxylation is 2. The summed E-state index contributed by atoms with van der Waals surface area (Å²) in [5, 5.41) is 5.64. The average molecular weight is 480 g/mol. The average Bonchev–Trinajstić information content (AvgIpc) is 2.75. The van der Waals surface area contributed by atoms with Crippen molar-refractivity contribution in [1.82, 2.24) is 0 Å². The predicted molar refractivity (Wildman–Crippen MR) is 140 cm³/mol. The minimum absolute atomic E-state index is 0.823. The predicted octanol–water partition coefficient (Wildman–Crippen LogP) is 9.87. The van der Waals surface area contributed by atoms with E-state index < -0.39 is 6.00 Å². The first kappa shape index (κ1) is 23.9. The summed E-state index contributed by atoms with van der Waals surface area (Å²) < 4.78 is 0. The van der Waals surface area contributed by atoms with Crippen molar-refractivity contribution in [3.05, 3.63) is 59.7 Å². The molecule has 0 saturated heterocycles. The second-order valence-corrected chi connectivity index (χ2v) is 17.7. The molecule has 0 aromatic heterocycles. The van der Waals surface area contributed by atoms with Crippen LogP contribution < -0.4 is 0 Å². The van der Waals surface area contributed by atoms with Crippen LogP contribution in [0.3, 0.4) is 0 Å². The Hall–Kier alpha value is -0.733. The van der Waals surface area contributed by atoms with Gasteiger partial charge in [-0.15, -0.1) is 33.2 Å². The molecule has 0 amide bonds. The van der Waals surface area contributed by atoms with E-state index in [-0.39, 0.29) is 0 Å². The Morgan fingerprint density at radius 1 is 0.700 bits per heavy atom. The lowest BCUT2D eigenvalue weighted by atomic mass is 9.86. The summed E-state index contributed by atoms with van der Waals surface area (Å²) >= 11 is 17.2. The van der Waals surface area contributed by atoms with E-state index in [1.165, 1.54) is 79.3 Å². The normalized spacial score (nSPS) is 13.7. The molecule has 0 atom stereocenters. The van der Waals surface area contributed by atoms with E-state index >= 15 is 0 Å². The lowest BCUT2D eigenvalue weighted by Crippen LogP contribution is -2.07. The van der Waals surface area contributed by atoms with Crippen molar-refractivity contribution in [3.8, 4) is 0 Å². The quantitative estimate of drug-likeness (QED) is 0.137. The maximum atomic E-state index is 5.74. The van der Waals surface area contributed by atoms with Crippen LogP contribution in [-0.4, -0.2) is 6.00 Å². The molecule has 3 aromatic rings. The molecule has 0 nitrogen and oxygen atoms in total. The molecule has 0 spiro atoms. The molecule has 0 fully saturated rings. The number of benzene rings is 3. The van der Waals surface area contributed by atoms with Crippen molar-refractivity contribution in [1.29, 1.82) is 0 Å². The lowest BCUT2D eigenvalue weighted by molar-refractivity contribution is 0.624. The smallest absolute Gasteiger partial charge is 0.126 e. The summed E-state index contributed by atoms with van der Waals surface area (Å²) in [4.78, 5) is 0. The number of fused-ring (bicyclic) bond motifs is 5. The largest absolute Gasteiger partial charge is 0.341 e. The molecule has 0 bridgehead atoms. The van der Waals surface area contributed by atoms with Gasteiger partial charge < -0.3 is 0 Å². The highest BCUT2D eigenvalue weighted by atomic mass is 35.8. The molecule has 0 heterocycles. The van der Waals surface area contributed by atoms with Gasteiger partial charge in [0.15, 0.2) is 0 Å². The van der Waals surface area contributed by atoms with E-state index in [9.17, 15) is 0 Å². The zero-order chi connectivity index (χ0) is 21.4. The van der Waals surface area contributed by atoms with Gasteiger partial charge in [0.25, 0.3) is 0 Å². The molecule has 0 N–H and O–H groups in total. The van der Waals surface area contributed by atoms with Crippen molar-refractivity contribution in [2.45, 2.75) is 77.2 Å². The van der Waals surface area contributed by atoms with E-state index in [1.54, 1.807) is 11.1 Å². The zero-order valence-electron chi connectivity index (χ0n) is 18.0. The number of hydrogen-bond acceptors (Lipinski definition) is 0. The van der Waals surface area contributed by atoms with Gasteiger partial charge in [0.05, 0.1) is 0 Å². The zero-order valence-corrected chi connectivity index (χ0v) is 21.3. The Morgan fingerprint density at radius 3 is 2.20 bits per heavy atom. The molecule has 3 aromatic carbocycles. The van der Waals surface area contributed by atoms with Crippen LogP contribution in [0.2, 0.25) is 6.04 Å². The first-order valence-electron chi connectivity index (χ1n) is 11.5. The molecule has 30 heavy (non-hydrogen) atoms. The monoisotopic (exact) mass is 478 g/mol. The van der Waals surface area contributed by atoms with Gasteiger partial charge in [0, 0.05) is 0 Å². The summed E-state index contributed by atoms with van der Waals surface area (Å²) in [5.74, 6) is 0. The fraction of sp³-hybridized carbons (Fsp3) is 0.462. The lowest BCUT2D eigenvalue weighted by Gasteiger charge is -2.18. The third-order valence-corrected chi connectivity index (χ3v) is 8.69. The first-order valence-corrected chi connectivity index (χ1v) is 16.7. The van der Waals surface area contributed by atoms with Crippen LogP contribution in [0.15, 0.2) is 48.5 Å². The van der Waals surface area contributed by atoms with Gasteiger partial charge in [0.1, 0.15) is 0 Å². The van der Waals surface area contributed by atoms with Gasteiger partial charge in [-0.2, -0.15) is 0 Å². The van der Waals surface area contributed by atoms with Gasteiger partial charge in [0.2, 0.25) is 0 Å². The maximum absolute atomic E-state index is 5.74. The van der Waals surface area contributed by atoms with Crippen LogP contribution >= 0.6 is 33.2 Å². The fourth-order valence-corrected chi connectivity index (χ4v) is 6.30. The topological polar surface area (TPSA) is 0 Å². The molecule has 1 aliphatic rings. The molecule has 162 valence electrons. The molecular weight excluding hydrogens is 447 g/mol. The SMILES string of the molecule is CCCCCCCC[Si](Cl)(Cl)Cl.c1ccc2c(c1)ccc1c3c(ccc12)CCCC3. The van der Waals surface area contributed by atoms with Crippen LogP contribution in [0, 0.1) is 0 Å². The van der Waals surface area contributed by atoms with E-state index in [4.69, 9.17) is 33.2 Å². The van der Waals surface area contributed by atoms with Crippen LogP contribution in [-0.2, 0) is 12.8 Å². The Labute approximate surface area is 197 Å². The van der Waals surface area contributed by atoms with Gasteiger partial charge in [-0.05, 0) is 64.4 Å². The first-order chi connectivity index (χ1) is 14.5. The second-order valence-electron chi connectivity index (χ2n) is 8.43. The fourth-order valence-electron chi connectivity index (χ4n) is 4.45. The van der Waals surface area contributed by atoms with Gasteiger partial charge in [-0.3, -0.25) is 0 Å². The molecule has 0 saturated carbocycles. The minimum atomic E-state index is -2.31. The highest BCUT2D eigenvalue weighted by Crippen LogP contribution is 2.33. The van der Waals surface area contributed by atoms with Crippen molar-refractivity contribution in [3.63, 3.8) is 0 Å². The molecule has 0 unspecified atom stereocenters. The van der Waals surface area contributed by atoms with Crippen molar-refractivity contribution in [2.24, 2.45) is 0 Å². The summed E-state index contributed by atoms with van der Waals surface area (Å²) in [6.45, 7) is 2.22. The minimum Gasteiger partial charge on any atom is -0.126 e. The summed E-state index contributed by atoms with van der Waals surface area (Å²) in [5.41, 5.74) is 3.17. The summed E-state index contributed by atoms with van der Waals surface area (Å²) in [6.07, 6.45) is 12.8. The van der Waals surface area contributed by atoms with Gasteiger partial charge in [-0.25, -0.2) is 0 Å². The van der Waals surface area contributed by atoms with Crippen molar-refractivity contribution >= 4 is 60.8 Å². The number of unbranched alkanes of at least 4 members (excludes halogenated alkanes) is 5. The third kappa shape index (κ3) is 6.89. The van der Waals surface area contributed by atoms with Crippen LogP contribution in [0.1, 0.15) is 69.4 Å². The van der Waals surface area contributed by atoms with E-state index in [2.05, 4.69) is 55.5 Å². The van der Waals surface area contributed by atoms with Crippen LogP contribution in [0.5, 0.6) is 0 Å². The third-order valence-electron chi connectivity index (χ3n) is 6.07. The van der Waals surface area contributed by atoms with E-state index in [0.717, 1.165) is 12.5 Å². The maximum Gasteiger partial charge on any atom is 0.341 e. The Kier molecular flexibility index (Phi) is 9.38. The summed E-state index contributed by atoms with van der Waals surface area (Å²) in [6, 6.07) is 16.5. The highest BCUT2D eigenvalue weighted by molar-refractivity contribution is 7.64. The Bertz CT molecular complexity index is 946. The second kappa shape index (κ2) is 11.8.